The average molecular weight is 364 g/mol. The third kappa shape index (κ3) is 3.67. The van der Waals surface area contributed by atoms with Gasteiger partial charge in [-0.15, -0.1) is 12.4 Å². The Bertz CT molecular complexity index is 620. The third-order valence-corrected chi connectivity index (χ3v) is 5.81. The van der Waals surface area contributed by atoms with Crippen LogP contribution in [-0.2, 0) is 4.79 Å². The molecule has 4 rings (SSSR count). The number of benzene rings is 1. The first-order chi connectivity index (χ1) is 11.7. The molecular weight excluding hydrogens is 338 g/mol. The highest BCUT2D eigenvalue weighted by atomic mass is 35.5. The van der Waals surface area contributed by atoms with Crippen LogP contribution >= 0.6 is 12.4 Å². The maximum absolute atomic E-state index is 12.8. The lowest BCUT2D eigenvalue weighted by Gasteiger charge is -2.22. The van der Waals surface area contributed by atoms with Gasteiger partial charge in [0.1, 0.15) is 0 Å². The van der Waals surface area contributed by atoms with E-state index in [1.54, 1.807) is 0 Å². The van der Waals surface area contributed by atoms with E-state index in [0.717, 1.165) is 75.1 Å². The Morgan fingerprint density at radius 1 is 1.00 bits per heavy atom. The highest BCUT2D eigenvalue weighted by molar-refractivity contribution is 5.97. The Kier molecular flexibility index (Phi) is 5.64. The van der Waals surface area contributed by atoms with Gasteiger partial charge in [-0.3, -0.25) is 9.59 Å². The molecule has 3 saturated heterocycles. The van der Waals surface area contributed by atoms with E-state index in [2.05, 4.69) is 5.32 Å². The quantitative estimate of drug-likeness (QED) is 0.877. The minimum Gasteiger partial charge on any atom is -0.339 e. The molecule has 6 heteroatoms. The number of amides is 2. The normalized spacial score (nSPS) is 26.2. The number of nitrogens with one attached hydrogen (secondary N) is 1. The van der Waals surface area contributed by atoms with E-state index in [1.165, 1.54) is 0 Å². The van der Waals surface area contributed by atoms with Crippen molar-refractivity contribution in [1.82, 2.24) is 10.2 Å². The minimum absolute atomic E-state index is 0. The van der Waals surface area contributed by atoms with Gasteiger partial charge in [0.25, 0.3) is 5.91 Å². The highest BCUT2D eigenvalue weighted by Crippen LogP contribution is 2.28. The molecule has 2 atom stereocenters. The Labute approximate surface area is 155 Å². The van der Waals surface area contributed by atoms with Crippen molar-refractivity contribution in [3.05, 3.63) is 29.8 Å². The number of rotatable bonds is 2. The summed E-state index contributed by atoms with van der Waals surface area (Å²) in [6.45, 7) is 4.70. The lowest BCUT2D eigenvalue weighted by Crippen LogP contribution is -2.32. The molecule has 136 valence electrons. The molecule has 0 unspecified atom stereocenters. The first kappa shape index (κ1) is 18.2. The van der Waals surface area contributed by atoms with Crippen molar-refractivity contribution in [2.45, 2.75) is 25.7 Å². The van der Waals surface area contributed by atoms with Crippen LogP contribution in [0.5, 0.6) is 0 Å². The smallest absolute Gasteiger partial charge is 0.253 e. The molecule has 5 nitrogen and oxygen atoms in total. The summed E-state index contributed by atoms with van der Waals surface area (Å²) in [5, 5.41) is 3.47. The third-order valence-electron chi connectivity index (χ3n) is 5.81. The van der Waals surface area contributed by atoms with Crippen molar-refractivity contribution in [3.8, 4) is 0 Å². The number of hydrogen-bond donors (Lipinski definition) is 1. The molecule has 0 spiro atoms. The van der Waals surface area contributed by atoms with Gasteiger partial charge in [-0.25, -0.2) is 0 Å². The first-order valence-electron chi connectivity index (χ1n) is 9.13. The number of halogens is 1. The van der Waals surface area contributed by atoms with Gasteiger partial charge in [0.05, 0.1) is 0 Å². The number of anilines is 1. The molecule has 1 aromatic carbocycles. The van der Waals surface area contributed by atoms with E-state index in [4.69, 9.17) is 0 Å². The van der Waals surface area contributed by atoms with Gasteiger partial charge >= 0.3 is 0 Å². The molecule has 0 aromatic heterocycles. The van der Waals surface area contributed by atoms with E-state index in [-0.39, 0.29) is 24.2 Å². The molecule has 3 fully saturated rings. The van der Waals surface area contributed by atoms with Crippen LogP contribution in [0.3, 0.4) is 0 Å². The second-order valence-electron chi connectivity index (χ2n) is 7.24. The lowest BCUT2D eigenvalue weighted by molar-refractivity contribution is -0.117. The van der Waals surface area contributed by atoms with Crippen LogP contribution in [0.4, 0.5) is 5.69 Å². The maximum Gasteiger partial charge on any atom is 0.253 e. The fraction of sp³-hybridized carbons (Fsp3) is 0.579. The summed E-state index contributed by atoms with van der Waals surface area (Å²) in [4.78, 5) is 28.4. The molecule has 3 heterocycles. The molecule has 1 N–H and O–H groups in total. The molecule has 3 aliphatic heterocycles. The molecule has 0 bridgehead atoms. The second kappa shape index (κ2) is 7.75. The monoisotopic (exact) mass is 363 g/mol. The molecule has 3 aliphatic rings. The molecule has 25 heavy (non-hydrogen) atoms. The van der Waals surface area contributed by atoms with Crippen LogP contribution in [0.1, 0.15) is 36.0 Å². The van der Waals surface area contributed by atoms with Crippen molar-refractivity contribution in [1.29, 1.82) is 0 Å². The van der Waals surface area contributed by atoms with Crippen LogP contribution in [0.2, 0.25) is 0 Å². The fourth-order valence-electron chi connectivity index (χ4n) is 4.31. The number of carbonyl (C=O) groups excluding carboxylic acids is 2. The number of carbonyl (C=O) groups is 2. The van der Waals surface area contributed by atoms with Gasteiger partial charge in [0.15, 0.2) is 0 Å². The lowest BCUT2D eigenvalue weighted by atomic mass is 9.92. The van der Waals surface area contributed by atoms with Crippen molar-refractivity contribution < 1.29 is 9.59 Å². The van der Waals surface area contributed by atoms with Gasteiger partial charge in [-0.05, 0) is 68.5 Å². The van der Waals surface area contributed by atoms with Crippen LogP contribution < -0.4 is 10.2 Å². The summed E-state index contributed by atoms with van der Waals surface area (Å²) in [5.41, 5.74) is 1.64. The van der Waals surface area contributed by atoms with Crippen LogP contribution in [-0.4, -0.2) is 49.4 Å². The Hall–Kier alpha value is -1.59. The molecule has 2 amide bonds. The number of hydrogen-bond acceptors (Lipinski definition) is 3. The Morgan fingerprint density at radius 2 is 1.64 bits per heavy atom. The first-order valence-corrected chi connectivity index (χ1v) is 9.13. The van der Waals surface area contributed by atoms with Gasteiger partial charge < -0.3 is 15.1 Å². The molecule has 0 radical (unpaired) electrons. The average Bonchev–Trinajstić information content (AvgIpc) is 3.19. The molecule has 1 aromatic rings. The zero-order chi connectivity index (χ0) is 16.5. The Morgan fingerprint density at radius 3 is 2.20 bits per heavy atom. The topological polar surface area (TPSA) is 52.7 Å². The van der Waals surface area contributed by atoms with E-state index < -0.39 is 0 Å². The zero-order valence-electron chi connectivity index (χ0n) is 14.4. The molecule has 0 saturated carbocycles. The minimum atomic E-state index is 0. The number of nitrogens with zero attached hydrogens (tertiary/aromatic N) is 2. The SMILES string of the molecule is Cl.O=C(c1ccc(N2CCCC2=O)cc1)N1CC[C@@H]2CNC[C@@H]2CC1. The van der Waals surface area contributed by atoms with Crippen molar-refractivity contribution in [3.63, 3.8) is 0 Å². The van der Waals surface area contributed by atoms with Crippen LogP contribution in [0.25, 0.3) is 0 Å². The predicted octanol–water partition coefficient (Wildman–Crippen LogP) is 2.31. The van der Waals surface area contributed by atoms with Crippen LogP contribution in [0, 0.1) is 11.8 Å². The summed E-state index contributed by atoms with van der Waals surface area (Å²) in [6.07, 6.45) is 3.75. The molecule has 0 aliphatic carbocycles. The summed E-state index contributed by atoms with van der Waals surface area (Å²) in [6, 6.07) is 7.56. The van der Waals surface area contributed by atoms with E-state index in [1.807, 2.05) is 34.1 Å². The summed E-state index contributed by atoms with van der Waals surface area (Å²) in [5.74, 6) is 1.77. The van der Waals surface area contributed by atoms with E-state index in [0.29, 0.717) is 6.42 Å². The van der Waals surface area contributed by atoms with Crippen molar-refractivity contribution in [2.24, 2.45) is 11.8 Å². The van der Waals surface area contributed by atoms with Gasteiger partial charge in [-0.1, -0.05) is 0 Å². The summed E-state index contributed by atoms with van der Waals surface area (Å²) in [7, 11) is 0. The van der Waals surface area contributed by atoms with E-state index >= 15 is 0 Å². The van der Waals surface area contributed by atoms with Gasteiger partial charge in [-0.2, -0.15) is 0 Å². The highest BCUT2D eigenvalue weighted by Gasteiger charge is 2.31. The van der Waals surface area contributed by atoms with Gasteiger partial charge in [0, 0.05) is 37.3 Å². The van der Waals surface area contributed by atoms with Gasteiger partial charge in [0.2, 0.25) is 5.91 Å². The number of likely N-dealkylation sites (tertiary alicyclic amines) is 1. The Balaban J connectivity index is 0.00000182. The van der Waals surface area contributed by atoms with Crippen LogP contribution in [0.15, 0.2) is 24.3 Å². The fourth-order valence-corrected chi connectivity index (χ4v) is 4.31. The summed E-state index contributed by atoms with van der Waals surface area (Å²) < 4.78 is 0. The van der Waals surface area contributed by atoms with Crippen molar-refractivity contribution in [2.75, 3.05) is 37.6 Å². The predicted molar refractivity (Wildman–Crippen MR) is 100 cm³/mol. The zero-order valence-corrected chi connectivity index (χ0v) is 15.3. The van der Waals surface area contributed by atoms with Crippen molar-refractivity contribution >= 4 is 29.9 Å². The van der Waals surface area contributed by atoms with E-state index in [9.17, 15) is 9.59 Å². The maximum atomic E-state index is 12.8. The number of fused-ring (bicyclic) bond motifs is 1. The summed E-state index contributed by atoms with van der Waals surface area (Å²) >= 11 is 0. The standard InChI is InChI=1S/C19H25N3O2.ClH/c23-18-2-1-9-22(18)17-5-3-14(4-6-17)19(24)21-10-7-15-12-20-13-16(15)8-11-21;/h3-6,15-16,20H,1-2,7-13H2;1H/t15-,16+;. The largest absolute Gasteiger partial charge is 0.339 e. The second-order valence-corrected chi connectivity index (χ2v) is 7.24. The molecular formula is C19H26ClN3O2.